The molecule has 28 heavy (non-hydrogen) atoms. The van der Waals surface area contributed by atoms with E-state index < -0.39 is 17.3 Å². The Morgan fingerprint density at radius 3 is 2.50 bits per heavy atom. The number of unbranched alkanes of at least 4 members (excludes halogenated alkanes) is 1. The average Bonchev–Trinajstić information content (AvgIpc) is 2.74. The van der Waals surface area contributed by atoms with Crippen molar-refractivity contribution in [3.63, 3.8) is 0 Å². The minimum absolute atomic E-state index is 0.0707. The first kappa shape index (κ1) is 19.7. The summed E-state index contributed by atoms with van der Waals surface area (Å²) in [5, 5.41) is 38.2. The molecule has 1 saturated carbocycles. The van der Waals surface area contributed by atoms with Crippen molar-refractivity contribution in [2.45, 2.75) is 44.9 Å². The summed E-state index contributed by atoms with van der Waals surface area (Å²) >= 11 is 0. The van der Waals surface area contributed by atoms with Crippen molar-refractivity contribution in [2.24, 2.45) is 17.3 Å². The lowest BCUT2D eigenvalue weighted by molar-refractivity contribution is 0.307. The summed E-state index contributed by atoms with van der Waals surface area (Å²) in [5.41, 5.74) is 0.0559. The molecule has 0 spiro atoms. The summed E-state index contributed by atoms with van der Waals surface area (Å²) < 4.78 is 5.73. The Labute approximate surface area is 166 Å². The van der Waals surface area contributed by atoms with Crippen molar-refractivity contribution < 1.29 is 4.74 Å². The fraction of sp³-hybridized carbons (Fsp3) is 0.478. The molecule has 0 aliphatic heterocycles. The third-order valence-electron chi connectivity index (χ3n) is 5.93. The molecular formula is C23H24N4O. The van der Waals surface area contributed by atoms with Gasteiger partial charge in [0, 0.05) is 5.92 Å². The van der Waals surface area contributed by atoms with Crippen LogP contribution in [0.3, 0.4) is 0 Å². The zero-order valence-electron chi connectivity index (χ0n) is 16.1. The van der Waals surface area contributed by atoms with E-state index >= 15 is 0 Å². The second-order valence-electron chi connectivity index (χ2n) is 7.50. The van der Waals surface area contributed by atoms with E-state index in [0.717, 1.165) is 49.0 Å². The number of nitrogens with one attached hydrogen (secondary N) is 1. The second kappa shape index (κ2) is 8.28. The van der Waals surface area contributed by atoms with Crippen LogP contribution in [0.1, 0.15) is 50.5 Å². The highest BCUT2D eigenvalue weighted by atomic mass is 16.5. The van der Waals surface area contributed by atoms with Crippen LogP contribution in [0, 0.1) is 56.7 Å². The molecule has 1 fully saturated rings. The van der Waals surface area contributed by atoms with Crippen molar-refractivity contribution in [1.29, 1.82) is 21.2 Å². The molecule has 1 aromatic carbocycles. The Kier molecular flexibility index (Phi) is 5.81. The molecule has 0 radical (unpaired) electrons. The van der Waals surface area contributed by atoms with Crippen LogP contribution >= 0.6 is 0 Å². The Balaban J connectivity index is 2.04. The van der Waals surface area contributed by atoms with Crippen molar-refractivity contribution in [1.82, 2.24) is 0 Å². The van der Waals surface area contributed by atoms with E-state index in [-0.39, 0.29) is 11.6 Å². The van der Waals surface area contributed by atoms with Crippen LogP contribution in [0.4, 0.5) is 0 Å². The van der Waals surface area contributed by atoms with Crippen LogP contribution in [-0.2, 0) is 0 Å². The van der Waals surface area contributed by atoms with Crippen LogP contribution in [0.5, 0.6) is 5.75 Å². The number of nitrogens with zero attached hydrogens (tertiary/aromatic N) is 3. The third kappa shape index (κ3) is 3.17. The van der Waals surface area contributed by atoms with Gasteiger partial charge < -0.3 is 10.1 Å². The summed E-state index contributed by atoms with van der Waals surface area (Å²) in [7, 11) is 0. The van der Waals surface area contributed by atoms with Gasteiger partial charge in [0.2, 0.25) is 0 Å². The van der Waals surface area contributed by atoms with E-state index in [1.807, 2.05) is 30.3 Å². The average molecular weight is 372 g/mol. The SMILES string of the molecule is CCCCOc1ccc([C@H]2[C@H]3CCCC=C3[C@H](C#N)C(=N)C2(C#N)C#N)cc1. The summed E-state index contributed by atoms with van der Waals surface area (Å²) in [6.45, 7) is 2.77. The van der Waals surface area contributed by atoms with E-state index in [0.29, 0.717) is 6.61 Å². The molecule has 5 heteroatoms. The maximum Gasteiger partial charge on any atom is 0.189 e. The van der Waals surface area contributed by atoms with Crippen LogP contribution in [0.2, 0.25) is 0 Å². The Morgan fingerprint density at radius 2 is 1.89 bits per heavy atom. The molecule has 2 aliphatic rings. The lowest BCUT2D eigenvalue weighted by Crippen LogP contribution is -2.48. The quantitative estimate of drug-likeness (QED) is 0.587. The fourth-order valence-corrected chi connectivity index (χ4v) is 4.49. The Bertz CT molecular complexity index is 881. The molecule has 3 rings (SSSR count). The first-order valence-corrected chi connectivity index (χ1v) is 9.86. The highest BCUT2D eigenvalue weighted by Gasteiger charge is 2.57. The van der Waals surface area contributed by atoms with Crippen LogP contribution < -0.4 is 4.74 Å². The van der Waals surface area contributed by atoms with E-state index in [1.165, 1.54) is 0 Å². The van der Waals surface area contributed by atoms with Gasteiger partial charge in [-0.25, -0.2) is 0 Å². The molecule has 1 aromatic rings. The number of ether oxygens (including phenoxy) is 1. The molecule has 0 amide bonds. The monoisotopic (exact) mass is 372 g/mol. The number of fused-ring (bicyclic) bond motifs is 1. The molecule has 0 unspecified atom stereocenters. The van der Waals surface area contributed by atoms with Crippen LogP contribution in [0.15, 0.2) is 35.9 Å². The predicted molar refractivity (Wildman–Crippen MR) is 105 cm³/mol. The third-order valence-corrected chi connectivity index (χ3v) is 5.93. The molecule has 2 aliphatic carbocycles. The Hall–Kier alpha value is -3.10. The standard InChI is InChI=1S/C23H24N4O/c1-2-3-12-28-17-10-8-16(9-11-17)21-19-7-5-4-6-18(19)20(13-24)22(27)23(21,14-25)15-26/h6,8-11,19-21,27H,2-5,7,12H2,1H3/t19-,20-,21-/m0/s1. The number of allylic oxidation sites excluding steroid dienone is 2. The zero-order chi connectivity index (χ0) is 20.1. The van der Waals surface area contributed by atoms with Gasteiger partial charge in [0.25, 0.3) is 0 Å². The van der Waals surface area contributed by atoms with Crippen molar-refractivity contribution in [3.05, 3.63) is 41.5 Å². The summed E-state index contributed by atoms with van der Waals surface area (Å²) in [5.74, 6) is -0.538. The number of nitriles is 3. The van der Waals surface area contributed by atoms with E-state index in [4.69, 9.17) is 10.1 Å². The molecule has 142 valence electrons. The van der Waals surface area contributed by atoms with Crippen LogP contribution in [-0.4, -0.2) is 12.3 Å². The first-order chi connectivity index (χ1) is 13.6. The van der Waals surface area contributed by atoms with E-state index in [9.17, 15) is 15.8 Å². The van der Waals surface area contributed by atoms with Gasteiger partial charge in [-0.15, -0.1) is 0 Å². The van der Waals surface area contributed by atoms with E-state index in [1.54, 1.807) is 0 Å². The maximum atomic E-state index is 9.98. The van der Waals surface area contributed by atoms with Crippen LogP contribution in [0.25, 0.3) is 0 Å². The molecular weight excluding hydrogens is 348 g/mol. The highest BCUT2D eigenvalue weighted by Crippen LogP contribution is 2.55. The topological polar surface area (TPSA) is 104 Å². The Morgan fingerprint density at radius 1 is 1.18 bits per heavy atom. The van der Waals surface area contributed by atoms with Gasteiger partial charge in [0.15, 0.2) is 5.41 Å². The van der Waals surface area contributed by atoms with Gasteiger partial charge in [-0.05, 0) is 54.9 Å². The van der Waals surface area contributed by atoms with Gasteiger partial charge in [-0.1, -0.05) is 31.6 Å². The number of rotatable bonds is 5. The van der Waals surface area contributed by atoms with Crippen molar-refractivity contribution in [3.8, 4) is 24.0 Å². The molecule has 0 bridgehead atoms. The maximum absolute atomic E-state index is 9.98. The zero-order valence-corrected chi connectivity index (χ0v) is 16.1. The second-order valence-corrected chi connectivity index (χ2v) is 7.50. The molecule has 0 heterocycles. The summed E-state index contributed by atoms with van der Waals surface area (Å²) in [4.78, 5) is 0. The number of benzene rings is 1. The number of hydrogen-bond donors (Lipinski definition) is 1. The highest BCUT2D eigenvalue weighted by molar-refractivity contribution is 6.00. The minimum Gasteiger partial charge on any atom is -0.494 e. The smallest absolute Gasteiger partial charge is 0.189 e. The summed E-state index contributed by atoms with van der Waals surface area (Å²) in [6.07, 6.45) is 6.75. The number of hydrogen-bond acceptors (Lipinski definition) is 5. The van der Waals surface area contributed by atoms with Gasteiger partial charge >= 0.3 is 0 Å². The molecule has 3 atom stereocenters. The van der Waals surface area contributed by atoms with Crippen molar-refractivity contribution >= 4 is 5.71 Å². The largest absolute Gasteiger partial charge is 0.494 e. The van der Waals surface area contributed by atoms with Gasteiger partial charge in [-0.3, -0.25) is 0 Å². The predicted octanol–water partition coefficient (Wildman–Crippen LogP) is 4.88. The normalized spacial score (nSPS) is 25.4. The fourth-order valence-electron chi connectivity index (χ4n) is 4.49. The lowest BCUT2D eigenvalue weighted by Gasteiger charge is -2.45. The molecule has 0 saturated heterocycles. The van der Waals surface area contributed by atoms with Gasteiger partial charge in [0.05, 0.1) is 30.5 Å². The lowest BCUT2D eigenvalue weighted by atomic mass is 9.53. The van der Waals surface area contributed by atoms with Gasteiger partial charge in [-0.2, -0.15) is 15.8 Å². The van der Waals surface area contributed by atoms with Gasteiger partial charge in [0.1, 0.15) is 11.7 Å². The van der Waals surface area contributed by atoms with E-state index in [2.05, 4.69) is 25.1 Å². The molecule has 5 nitrogen and oxygen atoms in total. The first-order valence-electron chi connectivity index (χ1n) is 9.86. The molecule has 1 N–H and O–H groups in total. The minimum atomic E-state index is -1.62. The molecule has 0 aromatic heterocycles. The summed E-state index contributed by atoms with van der Waals surface area (Å²) in [6, 6.07) is 14.0. The van der Waals surface area contributed by atoms with Crippen molar-refractivity contribution in [2.75, 3.05) is 6.61 Å².